The Bertz CT molecular complexity index is 767. The van der Waals surface area contributed by atoms with Crippen molar-refractivity contribution in [2.45, 2.75) is 97.2 Å². The van der Waals surface area contributed by atoms with Gasteiger partial charge in [0.15, 0.2) is 0 Å². The van der Waals surface area contributed by atoms with Crippen molar-refractivity contribution in [1.29, 1.82) is 0 Å². The van der Waals surface area contributed by atoms with Crippen LogP contribution in [0.15, 0.2) is 0 Å². The molecule has 4 N–H and O–H groups in total. The number of aliphatic hydroxyl groups excluding tert-OH is 1. The Morgan fingerprint density at radius 2 is 1.72 bits per heavy atom. The molecule has 0 aromatic rings. The first-order valence-corrected chi connectivity index (χ1v) is 14.0. The largest absolute Gasteiger partial charge is 0.481 e. The van der Waals surface area contributed by atoms with Gasteiger partial charge < -0.3 is 20.0 Å². The Morgan fingerprint density at radius 1 is 1.06 bits per heavy atom. The summed E-state index contributed by atoms with van der Waals surface area (Å²) in [6.45, 7) is 6.87. The van der Waals surface area contributed by atoms with Crippen molar-refractivity contribution in [3.05, 3.63) is 0 Å². The lowest BCUT2D eigenvalue weighted by atomic mass is 9.43. The number of carboxylic acid groups (broad SMARTS) is 1. The van der Waals surface area contributed by atoms with Crippen molar-refractivity contribution in [3.8, 4) is 0 Å². The standard InChI is InChI=1S/C24H41O7P/c1-14(4-7-21(26)27)17-5-6-18-22-19(9-11-24(17,18)3)23(2)10-8-16(25)12-15(23)13-20(22)31-32(28,29)30/h14-20,22,25H,4-13H2,1-3H3,(H,26,27)(H2,28,29,30)/t14-,15?,16-,17?,18+,19+,20?,22?,23?,24?/m1/s1. The molecular formula is C24H41O7P. The van der Waals surface area contributed by atoms with E-state index >= 15 is 0 Å². The van der Waals surface area contributed by atoms with Crippen LogP contribution >= 0.6 is 7.82 Å². The molecule has 32 heavy (non-hydrogen) atoms. The predicted octanol–water partition coefficient (Wildman–Crippen LogP) is 4.59. The molecule has 0 bridgehead atoms. The van der Waals surface area contributed by atoms with Crippen LogP contribution in [0.4, 0.5) is 0 Å². The number of rotatable bonds is 6. The summed E-state index contributed by atoms with van der Waals surface area (Å²) < 4.78 is 17.5. The normalized spacial score (nSPS) is 47.2. The van der Waals surface area contributed by atoms with E-state index in [-0.39, 0.29) is 35.2 Å². The van der Waals surface area contributed by atoms with Crippen LogP contribution in [-0.4, -0.2) is 38.2 Å². The molecule has 184 valence electrons. The molecule has 0 aromatic carbocycles. The predicted molar refractivity (Wildman–Crippen MR) is 120 cm³/mol. The maximum Gasteiger partial charge on any atom is 0.469 e. The number of phosphoric acid groups is 1. The second kappa shape index (κ2) is 8.64. The van der Waals surface area contributed by atoms with Crippen LogP contribution in [0.5, 0.6) is 0 Å². The van der Waals surface area contributed by atoms with Crippen LogP contribution in [-0.2, 0) is 13.9 Å². The van der Waals surface area contributed by atoms with Gasteiger partial charge in [0.25, 0.3) is 0 Å². The fraction of sp³-hybridized carbons (Fsp3) is 0.958. The van der Waals surface area contributed by atoms with Gasteiger partial charge in [0.2, 0.25) is 0 Å². The first-order valence-electron chi connectivity index (χ1n) is 12.5. The van der Waals surface area contributed by atoms with Crippen molar-refractivity contribution in [3.63, 3.8) is 0 Å². The number of aliphatic carboxylic acids is 1. The topological polar surface area (TPSA) is 124 Å². The molecule has 8 heteroatoms. The third-order valence-electron chi connectivity index (χ3n) is 10.5. The minimum Gasteiger partial charge on any atom is -0.481 e. The van der Waals surface area contributed by atoms with Crippen LogP contribution in [0.2, 0.25) is 0 Å². The number of hydrogen-bond donors (Lipinski definition) is 4. The lowest BCUT2D eigenvalue weighted by molar-refractivity contribution is -0.171. The molecule has 10 atom stereocenters. The van der Waals surface area contributed by atoms with Gasteiger partial charge in [0, 0.05) is 6.42 Å². The SMILES string of the molecule is C[C@H](CCC(=O)O)C1CC[C@H]2C3C(OP(=O)(O)O)CC4C[C@H](O)CCC4(C)[C@H]3CCC12C. The maximum absolute atomic E-state index is 11.9. The van der Waals surface area contributed by atoms with Crippen molar-refractivity contribution in [2.24, 2.45) is 46.3 Å². The third-order valence-corrected chi connectivity index (χ3v) is 11.0. The minimum absolute atomic E-state index is 0.0486. The summed E-state index contributed by atoms with van der Waals surface area (Å²) >= 11 is 0. The number of carboxylic acids is 1. The number of carbonyl (C=O) groups is 1. The van der Waals surface area contributed by atoms with E-state index in [1.54, 1.807) is 0 Å². The van der Waals surface area contributed by atoms with Crippen LogP contribution < -0.4 is 0 Å². The van der Waals surface area contributed by atoms with Crippen molar-refractivity contribution in [2.75, 3.05) is 0 Å². The fourth-order valence-corrected chi connectivity index (χ4v) is 9.57. The number of hydrogen-bond acceptors (Lipinski definition) is 4. The molecule has 0 aliphatic heterocycles. The molecule has 7 nitrogen and oxygen atoms in total. The summed E-state index contributed by atoms with van der Waals surface area (Å²) in [5, 5.41) is 19.5. The van der Waals surface area contributed by atoms with Gasteiger partial charge in [-0.2, -0.15) is 0 Å². The van der Waals surface area contributed by atoms with E-state index in [2.05, 4.69) is 20.8 Å². The first kappa shape index (κ1) is 24.7. The molecule has 0 amide bonds. The molecular weight excluding hydrogens is 431 g/mol. The van der Waals surface area contributed by atoms with Crippen molar-refractivity contribution in [1.82, 2.24) is 0 Å². The first-order chi connectivity index (χ1) is 14.8. The Kier molecular flexibility index (Phi) is 6.66. The molecule has 4 saturated carbocycles. The number of phosphoric ester groups is 1. The Hall–Kier alpha value is -0.460. The highest BCUT2D eigenvalue weighted by molar-refractivity contribution is 7.46. The summed E-state index contributed by atoms with van der Waals surface area (Å²) in [7, 11) is -4.62. The summed E-state index contributed by atoms with van der Waals surface area (Å²) in [5.74, 6) is 1.00. The highest BCUT2D eigenvalue weighted by Gasteiger charge is 2.63. The average Bonchev–Trinajstić information content (AvgIpc) is 3.03. The van der Waals surface area contributed by atoms with Gasteiger partial charge >= 0.3 is 13.8 Å². The lowest BCUT2D eigenvalue weighted by Crippen LogP contribution is -2.59. The smallest absolute Gasteiger partial charge is 0.469 e. The third kappa shape index (κ3) is 4.33. The Morgan fingerprint density at radius 3 is 2.38 bits per heavy atom. The number of fused-ring (bicyclic) bond motifs is 5. The van der Waals surface area contributed by atoms with Crippen LogP contribution in [0, 0.1) is 46.3 Å². The highest BCUT2D eigenvalue weighted by atomic mass is 31.2. The van der Waals surface area contributed by atoms with E-state index in [0.717, 1.165) is 38.5 Å². The summed E-state index contributed by atoms with van der Waals surface area (Å²) in [4.78, 5) is 30.6. The minimum atomic E-state index is -4.62. The fourth-order valence-electron chi connectivity index (χ4n) is 8.99. The monoisotopic (exact) mass is 472 g/mol. The second-order valence-electron chi connectivity index (χ2n) is 11.9. The van der Waals surface area contributed by atoms with E-state index in [1.165, 1.54) is 0 Å². The lowest BCUT2D eigenvalue weighted by Gasteiger charge is -2.63. The molecule has 0 saturated heterocycles. The maximum atomic E-state index is 11.9. The molecule has 6 unspecified atom stereocenters. The molecule has 4 fully saturated rings. The highest BCUT2D eigenvalue weighted by Crippen LogP contribution is 2.69. The van der Waals surface area contributed by atoms with Gasteiger partial charge in [0.05, 0.1) is 12.2 Å². The van der Waals surface area contributed by atoms with Gasteiger partial charge in [-0.05, 0) is 104 Å². The van der Waals surface area contributed by atoms with Crippen LogP contribution in [0.25, 0.3) is 0 Å². The molecule has 4 rings (SSSR count). The quantitative estimate of drug-likeness (QED) is 0.417. The van der Waals surface area contributed by atoms with Gasteiger partial charge in [-0.25, -0.2) is 4.57 Å². The number of aliphatic hydroxyl groups is 1. The Labute approximate surface area is 191 Å². The summed E-state index contributed by atoms with van der Waals surface area (Å²) in [6.07, 6.45) is 7.27. The zero-order valence-electron chi connectivity index (χ0n) is 19.7. The second-order valence-corrected chi connectivity index (χ2v) is 13.1. The van der Waals surface area contributed by atoms with E-state index in [0.29, 0.717) is 42.9 Å². The molecule has 4 aliphatic carbocycles. The molecule has 0 heterocycles. The molecule has 0 aromatic heterocycles. The van der Waals surface area contributed by atoms with Crippen molar-refractivity contribution >= 4 is 13.8 Å². The van der Waals surface area contributed by atoms with E-state index < -0.39 is 19.9 Å². The molecule has 0 spiro atoms. The Balaban J connectivity index is 1.64. The summed E-state index contributed by atoms with van der Waals surface area (Å²) in [6, 6.07) is 0. The van der Waals surface area contributed by atoms with Crippen molar-refractivity contribution < 1.29 is 33.9 Å². The van der Waals surface area contributed by atoms with Gasteiger partial charge in [-0.3, -0.25) is 9.32 Å². The average molecular weight is 473 g/mol. The van der Waals surface area contributed by atoms with E-state index in [9.17, 15) is 24.3 Å². The van der Waals surface area contributed by atoms with Gasteiger partial charge in [0.1, 0.15) is 0 Å². The zero-order valence-corrected chi connectivity index (χ0v) is 20.5. The van der Waals surface area contributed by atoms with E-state index in [4.69, 9.17) is 9.63 Å². The van der Waals surface area contributed by atoms with Gasteiger partial charge in [-0.1, -0.05) is 20.8 Å². The van der Waals surface area contributed by atoms with Gasteiger partial charge in [-0.15, -0.1) is 0 Å². The molecule has 4 aliphatic rings. The summed E-state index contributed by atoms with van der Waals surface area (Å²) in [5.41, 5.74) is 0.125. The zero-order chi connectivity index (χ0) is 23.5. The van der Waals surface area contributed by atoms with Crippen LogP contribution in [0.3, 0.4) is 0 Å². The molecule has 0 radical (unpaired) electrons. The van der Waals surface area contributed by atoms with E-state index in [1.807, 2.05) is 0 Å². The van der Waals surface area contributed by atoms with Crippen LogP contribution in [0.1, 0.15) is 85.0 Å².